The third kappa shape index (κ3) is 4.14. The molecule has 10 heteroatoms. The van der Waals surface area contributed by atoms with Crippen LogP contribution in [0.15, 0.2) is 30.3 Å². The number of benzene rings is 2. The van der Waals surface area contributed by atoms with Gasteiger partial charge in [0.15, 0.2) is 9.84 Å². The Morgan fingerprint density at radius 2 is 1.83 bits per heavy atom. The van der Waals surface area contributed by atoms with Crippen molar-refractivity contribution in [3.8, 4) is 11.5 Å². The van der Waals surface area contributed by atoms with E-state index in [0.29, 0.717) is 38.5 Å². The van der Waals surface area contributed by atoms with E-state index >= 15 is 0 Å². The summed E-state index contributed by atoms with van der Waals surface area (Å²) in [6, 6.07) is 9.23. The number of nitrogens with zero attached hydrogens (tertiary/aromatic N) is 2. The first-order valence-corrected chi connectivity index (χ1v) is 13.2. The second-order valence-corrected chi connectivity index (χ2v) is 12.3. The molecule has 2 aromatic carbocycles. The van der Waals surface area contributed by atoms with Gasteiger partial charge >= 0.3 is 0 Å². The second kappa shape index (κ2) is 7.99. The summed E-state index contributed by atoms with van der Waals surface area (Å²) in [7, 11) is -5.28. The van der Waals surface area contributed by atoms with Gasteiger partial charge in [0, 0.05) is 38.3 Å². The number of sulfonamides is 1. The third-order valence-electron chi connectivity index (χ3n) is 6.00. The van der Waals surface area contributed by atoms with Crippen LogP contribution >= 0.6 is 0 Å². The average molecular weight is 455 g/mol. The molecule has 0 spiro atoms. The van der Waals surface area contributed by atoms with Crippen LogP contribution in [0.5, 0.6) is 11.5 Å². The predicted molar refractivity (Wildman–Crippen MR) is 115 cm³/mol. The highest BCUT2D eigenvalue weighted by molar-refractivity contribution is 7.95. The molecule has 2 aliphatic rings. The highest BCUT2D eigenvalue weighted by atomic mass is 32.2. The van der Waals surface area contributed by atoms with Gasteiger partial charge in [0.1, 0.15) is 11.5 Å². The Morgan fingerprint density at radius 1 is 1.13 bits per heavy atom. The number of methoxy groups -OCH3 is 1. The van der Waals surface area contributed by atoms with E-state index in [0.717, 1.165) is 16.3 Å². The first-order chi connectivity index (χ1) is 14.2. The van der Waals surface area contributed by atoms with Crippen LogP contribution in [0.25, 0.3) is 10.8 Å². The summed E-state index contributed by atoms with van der Waals surface area (Å²) in [5.74, 6) is 0.570. The number of fused-ring (bicyclic) bond motifs is 1. The van der Waals surface area contributed by atoms with Crippen molar-refractivity contribution in [2.75, 3.05) is 44.8 Å². The number of hydrogen-bond acceptors (Lipinski definition) is 7. The first kappa shape index (κ1) is 21.4. The van der Waals surface area contributed by atoms with Gasteiger partial charge in [-0.2, -0.15) is 4.31 Å². The zero-order chi connectivity index (χ0) is 21.5. The van der Waals surface area contributed by atoms with Crippen LogP contribution in [0.2, 0.25) is 0 Å². The number of hydrogen-bond donors (Lipinski definition) is 1. The van der Waals surface area contributed by atoms with Crippen molar-refractivity contribution in [3.63, 3.8) is 0 Å². The molecule has 164 valence electrons. The molecule has 30 heavy (non-hydrogen) atoms. The van der Waals surface area contributed by atoms with Crippen molar-refractivity contribution >= 4 is 30.6 Å². The Bertz CT molecular complexity index is 1160. The minimum absolute atomic E-state index is 0.0549. The summed E-state index contributed by atoms with van der Waals surface area (Å²) in [6.45, 7) is 2.14. The van der Waals surface area contributed by atoms with Crippen LogP contribution in [0.1, 0.15) is 12.0 Å². The van der Waals surface area contributed by atoms with Crippen LogP contribution < -0.4 is 4.74 Å². The van der Waals surface area contributed by atoms with Gasteiger partial charge in [-0.15, -0.1) is 0 Å². The van der Waals surface area contributed by atoms with E-state index in [4.69, 9.17) is 4.74 Å². The van der Waals surface area contributed by atoms with Crippen molar-refractivity contribution in [2.24, 2.45) is 0 Å². The molecule has 2 aliphatic heterocycles. The number of sulfone groups is 1. The van der Waals surface area contributed by atoms with E-state index in [-0.39, 0.29) is 23.7 Å². The van der Waals surface area contributed by atoms with E-state index in [1.54, 1.807) is 13.2 Å². The average Bonchev–Trinajstić information content (AvgIpc) is 3.10. The topological polar surface area (TPSA) is 104 Å². The molecular formula is C20H26N2O6S2. The Kier molecular flexibility index (Phi) is 5.69. The number of ether oxygens (including phenoxy) is 1. The third-order valence-corrected chi connectivity index (χ3v) is 10.3. The molecule has 0 aromatic heterocycles. The zero-order valence-electron chi connectivity index (χ0n) is 16.8. The fourth-order valence-corrected chi connectivity index (χ4v) is 8.73. The van der Waals surface area contributed by atoms with Crippen LogP contribution in [0, 0.1) is 0 Å². The summed E-state index contributed by atoms with van der Waals surface area (Å²) in [4.78, 5) is 2.10. The quantitative estimate of drug-likeness (QED) is 0.724. The molecule has 2 heterocycles. The highest BCUT2D eigenvalue weighted by Crippen LogP contribution is 2.32. The minimum Gasteiger partial charge on any atom is -0.508 e. The molecular weight excluding hydrogens is 428 g/mol. The van der Waals surface area contributed by atoms with Crippen molar-refractivity contribution < 1.29 is 26.7 Å². The standard InChI is InChI=1S/C20H26N2O6S2/c1-28-16-4-2-15-3-5-20(23)19(18(15)12-16)13-21-7-9-22(10-8-21)30(26,27)17-6-11-29(24,25)14-17/h2-5,12,17,23H,6-11,13-14H2,1H3/t17-/m0/s1. The summed E-state index contributed by atoms with van der Waals surface area (Å²) in [6.07, 6.45) is 0.177. The second-order valence-electron chi connectivity index (χ2n) is 7.90. The molecule has 4 rings (SSSR count). The van der Waals surface area contributed by atoms with Gasteiger partial charge in [0.2, 0.25) is 10.0 Å². The normalized spacial score (nSPS) is 23.0. The van der Waals surface area contributed by atoms with Crippen LogP contribution in [-0.4, -0.2) is 81.2 Å². The van der Waals surface area contributed by atoms with Crippen molar-refractivity contribution in [1.82, 2.24) is 9.21 Å². The number of rotatable bonds is 5. The zero-order valence-corrected chi connectivity index (χ0v) is 18.5. The van der Waals surface area contributed by atoms with Crippen LogP contribution in [0.4, 0.5) is 0 Å². The lowest BCUT2D eigenvalue weighted by Crippen LogP contribution is -2.51. The largest absolute Gasteiger partial charge is 0.508 e. The summed E-state index contributed by atoms with van der Waals surface area (Å²) in [5.41, 5.74) is 0.782. The van der Waals surface area contributed by atoms with E-state index in [1.807, 2.05) is 24.3 Å². The van der Waals surface area contributed by atoms with Crippen molar-refractivity contribution in [2.45, 2.75) is 18.2 Å². The summed E-state index contributed by atoms with van der Waals surface area (Å²) < 4.78 is 55.8. The maximum absolute atomic E-state index is 12.8. The molecule has 0 bridgehead atoms. The molecule has 1 N–H and O–H groups in total. The molecule has 0 radical (unpaired) electrons. The van der Waals surface area contributed by atoms with E-state index in [9.17, 15) is 21.9 Å². The molecule has 2 aromatic rings. The number of piperazine rings is 1. The van der Waals surface area contributed by atoms with Gasteiger partial charge in [-0.3, -0.25) is 4.90 Å². The lowest BCUT2D eigenvalue weighted by molar-refractivity contribution is 0.180. The Balaban J connectivity index is 1.47. The van der Waals surface area contributed by atoms with E-state index < -0.39 is 25.1 Å². The molecule has 0 saturated carbocycles. The first-order valence-electron chi connectivity index (χ1n) is 9.90. The number of aromatic hydroxyl groups is 1. The Labute approximate surface area is 177 Å². The lowest BCUT2D eigenvalue weighted by atomic mass is 10.0. The monoisotopic (exact) mass is 454 g/mol. The van der Waals surface area contributed by atoms with Crippen LogP contribution in [-0.2, 0) is 26.4 Å². The lowest BCUT2D eigenvalue weighted by Gasteiger charge is -2.35. The molecule has 0 aliphatic carbocycles. The maximum atomic E-state index is 12.8. The van der Waals surface area contributed by atoms with E-state index in [2.05, 4.69) is 4.90 Å². The van der Waals surface area contributed by atoms with Gasteiger partial charge in [0.25, 0.3) is 0 Å². The highest BCUT2D eigenvalue weighted by Gasteiger charge is 2.41. The van der Waals surface area contributed by atoms with Crippen LogP contribution in [0.3, 0.4) is 0 Å². The van der Waals surface area contributed by atoms with Gasteiger partial charge < -0.3 is 9.84 Å². The fraction of sp³-hybridized carbons (Fsp3) is 0.500. The Hall–Kier alpha value is -1.88. The fourth-order valence-electron chi connectivity index (χ4n) is 4.21. The molecule has 1 atom stereocenters. The SMILES string of the molecule is COc1ccc2ccc(O)c(CN3CCN(S(=O)(=O)[C@H]4CCS(=O)(=O)C4)CC3)c2c1. The maximum Gasteiger partial charge on any atom is 0.218 e. The van der Waals surface area contributed by atoms with Gasteiger partial charge in [-0.25, -0.2) is 16.8 Å². The summed E-state index contributed by atoms with van der Waals surface area (Å²) >= 11 is 0. The van der Waals surface area contributed by atoms with Gasteiger partial charge in [0.05, 0.1) is 23.9 Å². The van der Waals surface area contributed by atoms with Gasteiger partial charge in [-0.05, 0) is 35.4 Å². The number of phenols is 1. The molecule has 0 amide bonds. The summed E-state index contributed by atoms with van der Waals surface area (Å²) in [5, 5.41) is 11.5. The van der Waals surface area contributed by atoms with Gasteiger partial charge in [-0.1, -0.05) is 12.1 Å². The molecule has 0 unspecified atom stereocenters. The predicted octanol–water partition coefficient (Wildman–Crippen LogP) is 1.19. The smallest absolute Gasteiger partial charge is 0.218 e. The van der Waals surface area contributed by atoms with E-state index in [1.165, 1.54) is 4.31 Å². The minimum atomic E-state index is -3.62. The molecule has 8 nitrogen and oxygen atoms in total. The molecule has 2 fully saturated rings. The van der Waals surface area contributed by atoms with Crippen molar-refractivity contribution in [1.29, 1.82) is 0 Å². The number of phenolic OH excluding ortho intramolecular Hbond substituents is 1. The Morgan fingerprint density at radius 3 is 2.47 bits per heavy atom. The molecule has 2 saturated heterocycles. The van der Waals surface area contributed by atoms with Crippen molar-refractivity contribution in [3.05, 3.63) is 35.9 Å².